The van der Waals surface area contributed by atoms with Crippen LogP contribution in [0.1, 0.15) is 0 Å². The normalized spacial score (nSPS) is 11.2. The lowest BCUT2D eigenvalue weighted by Crippen LogP contribution is -1.99. The number of rotatable bonds is 2. The van der Waals surface area contributed by atoms with Crippen molar-refractivity contribution in [1.29, 1.82) is 0 Å². The van der Waals surface area contributed by atoms with Crippen LogP contribution in [0.3, 0.4) is 0 Å². The third-order valence-electron chi connectivity index (χ3n) is 4.57. The van der Waals surface area contributed by atoms with E-state index in [1.54, 1.807) is 12.3 Å². The first-order chi connectivity index (χ1) is 12.8. The summed E-state index contributed by atoms with van der Waals surface area (Å²) in [6.45, 7) is 0. The van der Waals surface area contributed by atoms with Crippen LogP contribution in [-0.2, 0) is 0 Å². The van der Waals surface area contributed by atoms with E-state index in [4.69, 9.17) is 4.98 Å². The Morgan fingerprint density at radius 2 is 1.58 bits per heavy atom. The molecule has 0 saturated carbocycles. The molecule has 0 amide bonds. The fraction of sp³-hybridized carbons (Fsp3) is 0. The summed E-state index contributed by atoms with van der Waals surface area (Å²) >= 11 is 0. The lowest BCUT2D eigenvalue weighted by Gasteiger charge is -2.12. The number of phenolic OH excluding ortho intramolecular Hbond substituents is 1. The van der Waals surface area contributed by atoms with Crippen LogP contribution in [0.4, 0.5) is 0 Å². The molecule has 4 heteroatoms. The topological polar surface area (TPSA) is 50.9 Å². The maximum atomic E-state index is 10.4. The van der Waals surface area contributed by atoms with Crippen molar-refractivity contribution < 1.29 is 5.11 Å². The standard InChI is InChI=1S/C22H15N3O/c26-20-13-4-3-10-17(20)21-24-18-11-6-14-23-22(18)25(21)19-12-5-8-15-7-1-2-9-16(15)19/h1-14,26H. The molecule has 0 saturated heterocycles. The first kappa shape index (κ1) is 14.7. The second-order valence-corrected chi connectivity index (χ2v) is 6.13. The molecule has 0 bridgehead atoms. The Labute approximate surface area is 150 Å². The van der Waals surface area contributed by atoms with Crippen LogP contribution in [0, 0.1) is 0 Å². The molecule has 26 heavy (non-hydrogen) atoms. The highest BCUT2D eigenvalue weighted by Gasteiger charge is 2.18. The van der Waals surface area contributed by atoms with Crippen molar-refractivity contribution in [3.8, 4) is 22.8 Å². The molecular formula is C22H15N3O. The van der Waals surface area contributed by atoms with Crippen molar-refractivity contribution >= 4 is 21.9 Å². The van der Waals surface area contributed by atoms with E-state index >= 15 is 0 Å². The van der Waals surface area contributed by atoms with Gasteiger partial charge in [0.05, 0.1) is 11.3 Å². The number of nitrogens with zero attached hydrogens (tertiary/aromatic N) is 3. The predicted molar refractivity (Wildman–Crippen MR) is 103 cm³/mol. The molecule has 4 nitrogen and oxygen atoms in total. The molecule has 1 N–H and O–H groups in total. The van der Waals surface area contributed by atoms with E-state index in [0.29, 0.717) is 11.4 Å². The average Bonchev–Trinajstić information content (AvgIpc) is 3.07. The number of imidazole rings is 1. The SMILES string of the molecule is Oc1ccccc1-c1nc2cccnc2n1-c1cccc2ccccc12. The molecule has 5 rings (SSSR count). The van der Waals surface area contributed by atoms with Gasteiger partial charge in [0.1, 0.15) is 11.3 Å². The summed E-state index contributed by atoms with van der Waals surface area (Å²) in [7, 11) is 0. The largest absolute Gasteiger partial charge is 0.507 e. The summed E-state index contributed by atoms with van der Waals surface area (Å²) in [5.41, 5.74) is 3.22. The highest BCUT2D eigenvalue weighted by Crippen LogP contribution is 2.34. The zero-order chi connectivity index (χ0) is 17.5. The van der Waals surface area contributed by atoms with E-state index in [-0.39, 0.29) is 5.75 Å². The number of pyridine rings is 1. The van der Waals surface area contributed by atoms with Crippen LogP contribution in [-0.4, -0.2) is 19.6 Å². The fourth-order valence-electron chi connectivity index (χ4n) is 3.39. The minimum Gasteiger partial charge on any atom is -0.507 e. The number of fused-ring (bicyclic) bond motifs is 2. The van der Waals surface area contributed by atoms with Gasteiger partial charge in [-0.3, -0.25) is 4.57 Å². The maximum absolute atomic E-state index is 10.4. The van der Waals surface area contributed by atoms with Crippen molar-refractivity contribution in [3.05, 3.63) is 85.1 Å². The fourth-order valence-corrected chi connectivity index (χ4v) is 3.39. The van der Waals surface area contributed by atoms with Crippen LogP contribution in [0.15, 0.2) is 85.1 Å². The van der Waals surface area contributed by atoms with Gasteiger partial charge in [0.2, 0.25) is 0 Å². The Hall–Kier alpha value is -3.66. The van der Waals surface area contributed by atoms with Crippen LogP contribution < -0.4 is 0 Å². The minimum absolute atomic E-state index is 0.198. The third-order valence-corrected chi connectivity index (χ3v) is 4.57. The minimum atomic E-state index is 0.198. The average molecular weight is 337 g/mol. The lowest BCUT2D eigenvalue weighted by atomic mass is 10.1. The quantitative estimate of drug-likeness (QED) is 0.496. The molecular weight excluding hydrogens is 322 g/mol. The number of hydrogen-bond acceptors (Lipinski definition) is 3. The summed E-state index contributed by atoms with van der Waals surface area (Å²) in [5.74, 6) is 0.873. The maximum Gasteiger partial charge on any atom is 0.164 e. The van der Waals surface area contributed by atoms with Gasteiger partial charge in [0.15, 0.2) is 11.5 Å². The van der Waals surface area contributed by atoms with Crippen molar-refractivity contribution in [2.45, 2.75) is 0 Å². The van der Waals surface area contributed by atoms with Crippen LogP contribution in [0.5, 0.6) is 5.75 Å². The van der Waals surface area contributed by atoms with Gasteiger partial charge in [0, 0.05) is 11.6 Å². The van der Waals surface area contributed by atoms with Gasteiger partial charge in [-0.1, -0.05) is 48.5 Å². The summed E-state index contributed by atoms with van der Waals surface area (Å²) in [6, 6.07) is 25.5. The monoisotopic (exact) mass is 337 g/mol. The number of aromatic nitrogens is 3. The number of aromatic hydroxyl groups is 1. The van der Waals surface area contributed by atoms with Crippen LogP contribution >= 0.6 is 0 Å². The highest BCUT2D eigenvalue weighted by molar-refractivity contribution is 5.93. The summed E-state index contributed by atoms with van der Waals surface area (Å²) in [6.07, 6.45) is 1.76. The molecule has 2 aromatic heterocycles. The third kappa shape index (κ3) is 2.16. The van der Waals surface area contributed by atoms with Gasteiger partial charge in [-0.05, 0) is 35.7 Å². The molecule has 0 aliphatic rings. The molecule has 0 atom stereocenters. The molecule has 0 unspecified atom stereocenters. The number of hydrogen-bond donors (Lipinski definition) is 1. The van der Waals surface area contributed by atoms with Crippen molar-refractivity contribution in [3.63, 3.8) is 0 Å². The van der Waals surface area contributed by atoms with Gasteiger partial charge in [0.25, 0.3) is 0 Å². The first-order valence-electron chi connectivity index (χ1n) is 8.43. The molecule has 124 valence electrons. The molecule has 5 aromatic rings. The van der Waals surface area contributed by atoms with Gasteiger partial charge in [-0.15, -0.1) is 0 Å². The van der Waals surface area contributed by atoms with Gasteiger partial charge >= 0.3 is 0 Å². The first-order valence-corrected chi connectivity index (χ1v) is 8.43. The zero-order valence-electron chi connectivity index (χ0n) is 13.9. The van der Waals surface area contributed by atoms with E-state index in [1.165, 1.54) is 0 Å². The Bertz CT molecular complexity index is 1250. The van der Waals surface area contributed by atoms with Crippen molar-refractivity contribution in [2.75, 3.05) is 0 Å². The van der Waals surface area contributed by atoms with Crippen LogP contribution in [0.2, 0.25) is 0 Å². The smallest absolute Gasteiger partial charge is 0.164 e. The van der Waals surface area contributed by atoms with Crippen molar-refractivity contribution in [2.24, 2.45) is 0 Å². The number of benzene rings is 3. The van der Waals surface area contributed by atoms with E-state index in [2.05, 4.69) is 29.2 Å². The van der Waals surface area contributed by atoms with Gasteiger partial charge in [-0.25, -0.2) is 9.97 Å². The molecule has 2 heterocycles. The van der Waals surface area contributed by atoms with Crippen molar-refractivity contribution in [1.82, 2.24) is 14.5 Å². The second-order valence-electron chi connectivity index (χ2n) is 6.13. The zero-order valence-corrected chi connectivity index (χ0v) is 13.9. The van der Waals surface area contributed by atoms with Gasteiger partial charge in [-0.2, -0.15) is 0 Å². The van der Waals surface area contributed by atoms with E-state index in [1.807, 2.05) is 53.1 Å². The summed E-state index contributed by atoms with van der Waals surface area (Å²) in [4.78, 5) is 9.33. The Kier molecular flexibility index (Phi) is 3.22. The Morgan fingerprint density at radius 1 is 0.769 bits per heavy atom. The van der Waals surface area contributed by atoms with E-state index in [0.717, 1.165) is 27.6 Å². The molecule has 0 aliphatic heterocycles. The Morgan fingerprint density at radius 3 is 2.50 bits per heavy atom. The van der Waals surface area contributed by atoms with Gasteiger partial charge < -0.3 is 5.11 Å². The molecule has 0 aliphatic carbocycles. The second kappa shape index (κ2) is 5.70. The number of phenols is 1. The summed E-state index contributed by atoms with van der Waals surface area (Å²) in [5, 5.41) is 12.7. The van der Waals surface area contributed by atoms with Crippen LogP contribution in [0.25, 0.3) is 39.0 Å². The highest BCUT2D eigenvalue weighted by atomic mass is 16.3. The number of para-hydroxylation sites is 1. The molecule has 0 radical (unpaired) electrons. The Balaban J connectivity index is 1.93. The molecule has 0 fully saturated rings. The van der Waals surface area contributed by atoms with E-state index in [9.17, 15) is 5.11 Å². The predicted octanol–water partition coefficient (Wildman–Crippen LogP) is 4.95. The molecule has 0 spiro atoms. The molecule has 3 aromatic carbocycles. The van der Waals surface area contributed by atoms with E-state index < -0.39 is 0 Å². The summed E-state index contributed by atoms with van der Waals surface area (Å²) < 4.78 is 2.02. The lowest BCUT2D eigenvalue weighted by molar-refractivity contribution is 0.477.